The first-order valence-corrected chi connectivity index (χ1v) is 17.3. The molecule has 8 rings (SSSR count). The van der Waals surface area contributed by atoms with Crippen LogP contribution in [0, 0.1) is 5.41 Å². The minimum atomic E-state index is -0.295. The number of aromatic nitrogens is 2. The van der Waals surface area contributed by atoms with Crippen molar-refractivity contribution in [2.24, 2.45) is 5.41 Å². The molecule has 6 aromatic rings. The van der Waals surface area contributed by atoms with Crippen molar-refractivity contribution in [1.29, 1.82) is 0 Å². The minimum absolute atomic E-state index is 0.0950. The summed E-state index contributed by atoms with van der Waals surface area (Å²) in [5.74, 6) is -0.560. The van der Waals surface area contributed by atoms with E-state index in [2.05, 4.69) is 110 Å². The molecular formula is C44H40N2O2. The summed E-state index contributed by atoms with van der Waals surface area (Å²) in [6, 6.07) is 27.7. The van der Waals surface area contributed by atoms with Crippen molar-refractivity contribution in [1.82, 2.24) is 9.13 Å². The summed E-state index contributed by atoms with van der Waals surface area (Å²) < 4.78 is 4.74. The van der Waals surface area contributed by atoms with Gasteiger partial charge in [-0.3, -0.25) is 9.59 Å². The Kier molecular flexibility index (Phi) is 7.21. The molecule has 2 bridgehead atoms. The van der Waals surface area contributed by atoms with Gasteiger partial charge in [-0.1, -0.05) is 68.5 Å². The molecule has 0 amide bonds. The first kappa shape index (κ1) is 30.1. The van der Waals surface area contributed by atoms with Crippen LogP contribution in [-0.2, 0) is 22.7 Å². The molecule has 4 heteroatoms. The average molecular weight is 629 g/mol. The molecule has 0 N–H and O–H groups in total. The number of aryl methyl sites for hydroxylation is 2. The Balaban J connectivity index is 1.28. The molecule has 4 aromatic carbocycles. The van der Waals surface area contributed by atoms with Gasteiger partial charge in [-0.2, -0.15) is 0 Å². The lowest BCUT2D eigenvalue weighted by Crippen LogP contribution is -2.20. The van der Waals surface area contributed by atoms with Crippen LogP contribution in [0.5, 0.6) is 0 Å². The van der Waals surface area contributed by atoms with Crippen LogP contribution >= 0.6 is 0 Å². The smallest absolute Gasteiger partial charge is 0.189 e. The van der Waals surface area contributed by atoms with Crippen molar-refractivity contribution in [3.05, 3.63) is 125 Å². The molecule has 238 valence electrons. The van der Waals surface area contributed by atoms with Crippen LogP contribution < -0.4 is 0 Å². The van der Waals surface area contributed by atoms with E-state index in [-0.39, 0.29) is 22.6 Å². The standard InChI is InChI=1S/C44H40N2O2/c1-5-45-38-15-9-7-12-31(38)33-24-28(17-20-40(33)45)18-21-41(47)36-27-29-25-34(30-14-11-23-44(3,4)37(30)19-22-42(36)48)43-35(26-29)32-13-8-10-16-39(32)46(43)6-2/h7-10,12-13,15-22,24-27H,5-6,11,14,23H2,1-4H3/b21-18+,22-19+,36-27-. The number of carbonyl (C=O) groups is 2. The highest BCUT2D eigenvalue weighted by Gasteiger charge is 2.31. The number of hydrogen-bond acceptors (Lipinski definition) is 2. The summed E-state index contributed by atoms with van der Waals surface area (Å²) >= 11 is 0. The molecule has 0 unspecified atom stereocenters. The number of fused-ring (bicyclic) bond motifs is 10. The topological polar surface area (TPSA) is 44.0 Å². The van der Waals surface area contributed by atoms with Crippen molar-refractivity contribution >= 4 is 72.9 Å². The van der Waals surface area contributed by atoms with Gasteiger partial charge in [0.15, 0.2) is 11.6 Å². The molecule has 0 atom stereocenters. The molecule has 2 aliphatic rings. The third-order valence-corrected chi connectivity index (χ3v) is 10.6. The Hall–Kier alpha value is -5.22. The molecule has 0 spiro atoms. The molecule has 0 radical (unpaired) electrons. The number of rotatable bonds is 5. The Labute approximate surface area is 281 Å². The number of carbonyl (C=O) groups excluding carboxylic acids is 2. The summed E-state index contributed by atoms with van der Waals surface area (Å²) in [7, 11) is 0. The third-order valence-electron chi connectivity index (χ3n) is 10.6. The summed E-state index contributed by atoms with van der Waals surface area (Å²) in [5.41, 5.74) is 10.4. The fourth-order valence-corrected chi connectivity index (χ4v) is 8.30. The fourth-order valence-electron chi connectivity index (χ4n) is 8.30. The van der Waals surface area contributed by atoms with Gasteiger partial charge in [0.2, 0.25) is 0 Å². The van der Waals surface area contributed by atoms with E-state index in [4.69, 9.17) is 0 Å². The molecule has 2 aliphatic carbocycles. The third kappa shape index (κ3) is 4.73. The lowest BCUT2D eigenvalue weighted by Gasteiger charge is -2.34. The van der Waals surface area contributed by atoms with Gasteiger partial charge in [0, 0.05) is 56.7 Å². The van der Waals surface area contributed by atoms with E-state index in [0.717, 1.165) is 54.3 Å². The quantitative estimate of drug-likeness (QED) is 0.141. The van der Waals surface area contributed by atoms with Crippen LogP contribution in [-0.4, -0.2) is 20.7 Å². The maximum Gasteiger partial charge on any atom is 0.189 e. The van der Waals surface area contributed by atoms with Crippen molar-refractivity contribution in [2.45, 2.75) is 60.0 Å². The van der Waals surface area contributed by atoms with Crippen molar-refractivity contribution in [3.8, 4) is 0 Å². The highest BCUT2D eigenvalue weighted by Crippen LogP contribution is 2.47. The number of nitrogens with zero attached hydrogens (tertiary/aromatic N) is 2. The highest BCUT2D eigenvalue weighted by atomic mass is 16.1. The molecule has 2 heterocycles. The number of benzene rings is 4. The molecule has 48 heavy (non-hydrogen) atoms. The molecule has 4 nitrogen and oxygen atoms in total. The van der Waals surface area contributed by atoms with E-state index in [1.807, 2.05) is 18.2 Å². The predicted octanol–water partition coefficient (Wildman–Crippen LogP) is 10.7. The SMILES string of the molecule is CCn1c2ccccc2c2cc(/C=C/C(=O)/C3=C/c4cc(c5c(c4)c4ccccc4n5CC)C4=C(/C=C/C3=O)C(C)(C)CCC4)ccc21. The normalized spacial score (nSPS) is 18.2. The van der Waals surface area contributed by atoms with E-state index in [0.29, 0.717) is 0 Å². The second-order valence-electron chi connectivity index (χ2n) is 13.8. The maximum absolute atomic E-state index is 14.0. The zero-order valence-corrected chi connectivity index (χ0v) is 28.1. The summed E-state index contributed by atoms with van der Waals surface area (Å²) in [4.78, 5) is 27.9. The summed E-state index contributed by atoms with van der Waals surface area (Å²) in [6.07, 6.45) is 11.9. The summed E-state index contributed by atoms with van der Waals surface area (Å²) in [5, 5.41) is 4.70. The predicted molar refractivity (Wildman–Crippen MR) is 201 cm³/mol. The zero-order valence-electron chi connectivity index (χ0n) is 28.1. The van der Waals surface area contributed by atoms with E-state index in [1.54, 1.807) is 18.2 Å². The fraction of sp³-hybridized carbons (Fsp3) is 0.227. The van der Waals surface area contributed by atoms with Crippen LogP contribution in [0.2, 0.25) is 0 Å². The van der Waals surface area contributed by atoms with Gasteiger partial charge >= 0.3 is 0 Å². The highest BCUT2D eigenvalue weighted by molar-refractivity contribution is 6.31. The maximum atomic E-state index is 14.0. The van der Waals surface area contributed by atoms with Gasteiger partial charge in [0.1, 0.15) is 0 Å². The van der Waals surface area contributed by atoms with Gasteiger partial charge in [-0.05, 0) is 115 Å². The second-order valence-corrected chi connectivity index (χ2v) is 13.8. The molecular weight excluding hydrogens is 588 g/mol. The molecule has 0 saturated carbocycles. The number of allylic oxidation sites excluding steroid dienone is 6. The second kappa shape index (κ2) is 11.5. The van der Waals surface area contributed by atoms with Crippen LogP contribution in [0.25, 0.3) is 61.3 Å². The van der Waals surface area contributed by atoms with E-state index in [9.17, 15) is 9.59 Å². The van der Waals surface area contributed by atoms with Crippen molar-refractivity contribution in [2.75, 3.05) is 0 Å². The van der Waals surface area contributed by atoms with Gasteiger partial charge in [-0.25, -0.2) is 0 Å². The number of para-hydroxylation sites is 2. The monoisotopic (exact) mass is 628 g/mol. The Bertz CT molecular complexity index is 2450. The van der Waals surface area contributed by atoms with Crippen LogP contribution in [0.3, 0.4) is 0 Å². The van der Waals surface area contributed by atoms with E-state index >= 15 is 0 Å². The van der Waals surface area contributed by atoms with Crippen LogP contribution in [0.1, 0.15) is 63.6 Å². The first-order valence-electron chi connectivity index (χ1n) is 17.3. The number of hydrogen-bond donors (Lipinski definition) is 0. The Morgan fingerprint density at radius 1 is 0.792 bits per heavy atom. The Morgan fingerprint density at radius 2 is 1.48 bits per heavy atom. The van der Waals surface area contributed by atoms with Crippen molar-refractivity contribution in [3.63, 3.8) is 0 Å². The van der Waals surface area contributed by atoms with Gasteiger partial charge < -0.3 is 9.13 Å². The molecule has 0 aliphatic heterocycles. The van der Waals surface area contributed by atoms with Crippen molar-refractivity contribution < 1.29 is 9.59 Å². The first-order chi connectivity index (χ1) is 23.3. The summed E-state index contributed by atoms with van der Waals surface area (Å²) in [6.45, 7) is 10.6. The largest absolute Gasteiger partial charge is 0.341 e. The van der Waals surface area contributed by atoms with E-state index < -0.39 is 0 Å². The zero-order chi connectivity index (χ0) is 33.2. The molecule has 2 aromatic heterocycles. The molecule has 0 fully saturated rings. The van der Waals surface area contributed by atoms with E-state index in [1.165, 1.54) is 49.5 Å². The lowest BCUT2D eigenvalue weighted by molar-refractivity contribution is -0.116. The van der Waals surface area contributed by atoms with Crippen LogP contribution in [0.15, 0.2) is 108 Å². The van der Waals surface area contributed by atoms with Gasteiger partial charge in [0.05, 0.1) is 11.1 Å². The molecule has 0 saturated heterocycles. The van der Waals surface area contributed by atoms with Crippen LogP contribution in [0.4, 0.5) is 0 Å². The van der Waals surface area contributed by atoms with Gasteiger partial charge in [0.25, 0.3) is 0 Å². The minimum Gasteiger partial charge on any atom is -0.341 e. The lowest BCUT2D eigenvalue weighted by atomic mass is 9.70. The Morgan fingerprint density at radius 3 is 2.23 bits per heavy atom. The average Bonchev–Trinajstić information content (AvgIpc) is 3.59. The van der Waals surface area contributed by atoms with Gasteiger partial charge in [-0.15, -0.1) is 0 Å². The number of ketones is 2.